The summed E-state index contributed by atoms with van der Waals surface area (Å²) >= 11 is 1.49. The number of amidine groups is 1. The number of thioether (sulfide) groups is 1. The van der Waals surface area contributed by atoms with Crippen molar-refractivity contribution in [2.75, 3.05) is 33.9 Å². The van der Waals surface area contributed by atoms with Crippen molar-refractivity contribution in [2.24, 2.45) is 16.8 Å². The summed E-state index contributed by atoms with van der Waals surface area (Å²) in [5, 5.41) is 19.7. The van der Waals surface area contributed by atoms with Crippen molar-refractivity contribution in [2.45, 2.75) is 31.2 Å². The van der Waals surface area contributed by atoms with Crippen LogP contribution < -0.4 is 0 Å². The first-order valence-corrected chi connectivity index (χ1v) is 9.54. The number of rotatable bonds is 6. The van der Waals surface area contributed by atoms with Gasteiger partial charge in [-0.25, -0.2) is 4.79 Å². The summed E-state index contributed by atoms with van der Waals surface area (Å²) in [7, 11) is 3.57. The molecule has 4 unspecified atom stereocenters. The highest BCUT2D eigenvalue weighted by atomic mass is 32.2. The number of methoxy groups -OCH3 is 1. The lowest BCUT2D eigenvalue weighted by Gasteiger charge is -2.46. The third-order valence-electron chi connectivity index (χ3n) is 5.27. The zero-order valence-corrected chi connectivity index (χ0v) is 16.2. The van der Waals surface area contributed by atoms with E-state index < -0.39 is 18.0 Å². The third-order valence-corrected chi connectivity index (χ3v) is 6.72. The summed E-state index contributed by atoms with van der Waals surface area (Å²) in [4.78, 5) is 32.8. The minimum atomic E-state index is -1.09. The minimum Gasteiger partial charge on any atom is -0.477 e. The van der Waals surface area contributed by atoms with Crippen molar-refractivity contribution < 1.29 is 24.5 Å². The smallest absolute Gasteiger partial charge is 0.353 e. The van der Waals surface area contributed by atoms with Crippen LogP contribution in [0, 0.1) is 11.8 Å². The number of aliphatic carboxylic acids is 1. The first-order valence-electron chi connectivity index (χ1n) is 8.66. The van der Waals surface area contributed by atoms with Gasteiger partial charge in [0.25, 0.3) is 0 Å². The van der Waals surface area contributed by atoms with Crippen molar-refractivity contribution in [1.82, 2.24) is 9.80 Å². The number of ether oxygens (including phenoxy) is 1. The topological polar surface area (TPSA) is 103 Å². The Kier molecular flexibility index (Phi) is 5.32. The van der Waals surface area contributed by atoms with Gasteiger partial charge in [-0.15, -0.1) is 11.8 Å². The molecule has 0 aromatic carbocycles. The second-order valence-corrected chi connectivity index (χ2v) is 8.42. The summed E-state index contributed by atoms with van der Waals surface area (Å²) in [6.07, 6.45) is -0.785. The minimum absolute atomic E-state index is 0.0729. The molecule has 26 heavy (non-hydrogen) atoms. The lowest BCUT2D eigenvalue weighted by molar-refractivity contribution is -0.163. The van der Waals surface area contributed by atoms with Crippen LogP contribution in [0.15, 0.2) is 15.6 Å². The van der Waals surface area contributed by atoms with Gasteiger partial charge in [0.2, 0.25) is 5.91 Å². The number of carboxylic acids is 1. The van der Waals surface area contributed by atoms with Gasteiger partial charge in [-0.3, -0.25) is 9.79 Å². The molecule has 0 aromatic rings. The highest BCUT2D eigenvalue weighted by molar-refractivity contribution is 8.03. The van der Waals surface area contributed by atoms with Gasteiger partial charge >= 0.3 is 5.97 Å². The van der Waals surface area contributed by atoms with Crippen LogP contribution in [0.2, 0.25) is 0 Å². The summed E-state index contributed by atoms with van der Waals surface area (Å²) < 4.78 is 5.13. The number of carbonyl (C=O) groups excluding carboxylic acids is 1. The second-order valence-electron chi connectivity index (χ2n) is 7.08. The molecule has 1 amide bonds. The standard InChI is InChI=1S/C17H25N3O5S/c1-8-13-12(9(2)21)16(22)20(13)14(17(23)24)15(8)26-10-5-18-11(7-25-4)19(3)6-10/h8-10,12-13,21H,5-7H2,1-4H3,(H,23,24)/t8?,9?,10?,12?,13-/m1/s1. The molecule has 8 nitrogen and oxygen atoms in total. The normalized spacial score (nSPS) is 32.3. The van der Waals surface area contributed by atoms with E-state index in [1.54, 1.807) is 14.0 Å². The van der Waals surface area contributed by atoms with Crippen molar-refractivity contribution in [3.8, 4) is 0 Å². The number of β-lactam (4-membered cyclic amide) rings is 1. The molecule has 3 heterocycles. The number of likely N-dealkylation sites (N-methyl/N-ethyl adjacent to an activating group) is 1. The van der Waals surface area contributed by atoms with Gasteiger partial charge in [0.15, 0.2) is 0 Å². The number of aliphatic hydroxyl groups is 1. The van der Waals surface area contributed by atoms with Gasteiger partial charge < -0.3 is 24.7 Å². The Bertz CT molecular complexity index is 677. The van der Waals surface area contributed by atoms with Crippen LogP contribution >= 0.6 is 11.8 Å². The molecule has 5 atom stereocenters. The van der Waals surface area contributed by atoms with Crippen molar-refractivity contribution in [3.63, 3.8) is 0 Å². The van der Waals surface area contributed by atoms with Crippen LogP contribution in [0.25, 0.3) is 0 Å². The Balaban J connectivity index is 1.81. The molecule has 0 spiro atoms. The molecule has 144 valence electrons. The van der Waals surface area contributed by atoms with E-state index in [0.717, 1.165) is 12.4 Å². The molecule has 3 aliphatic rings. The van der Waals surface area contributed by atoms with Gasteiger partial charge in [0.1, 0.15) is 18.1 Å². The summed E-state index contributed by atoms with van der Waals surface area (Å²) in [5.41, 5.74) is 0.0729. The molecule has 1 saturated heterocycles. The first-order chi connectivity index (χ1) is 12.3. The number of aliphatic hydroxyl groups excluding tert-OH is 1. The molecular weight excluding hydrogens is 358 g/mol. The Morgan fingerprint density at radius 3 is 2.73 bits per heavy atom. The monoisotopic (exact) mass is 383 g/mol. The largest absolute Gasteiger partial charge is 0.477 e. The maximum atomic E-state index is 12.4. The fraction of sp³-hybridized carbons (Fsp3) is 0.706. The summed E-state index contributed by atoms with van der Waals surface area (Å²) in [5.74, 6) is -1.15. The number of hydrogen-bond acceptors (Lipinski definition) is 7. The lowest BCUT2D eigenvalue weighted by Crippen LogP contribution is -2.63. The van der Waals surface area contributed by atoms with Crippen LogP contribution in [0.1, 0.15) is 13.8 Å². The van der Waals surface area contributed by atoms with E-state index in [-0.39, 0.29) is 28.8 Å². The number of carbonyl (C=O) groups is 2. The maximum absolute atomic E-state index is 12.4. The number of fused-ring (bicyclic) bond motifs is 1. The Morgan fingerprint density at radius 2 is 2.19 bits per heavy atom. The van der Waals surface area contributed by atoms with Crippen molar-refractivity contribution in [1.29, 1.82) is 0 Å². The fourth-order valence-corrected chi connectivity index (χ4v) is 5.47. The predicted octanol–water partition coefficient (Wildman–Crippen LogP) is 0.232. The molecule has 3 rings (SSSR count). The average molecular weight is 383 g/mol. The first kappa shape index (κ1) is 19.2. The molecule has 0 radical (unpaired) electrons. The molecule has 0 saturated carbocycles. The number of nitrogens with zero attached hydrogens (tertiary/aromatic N) is 3. The highest BCUT2D eigenvalue weighted by Gasteiger charge is 2.60. The Hall–Kier alpha value is -1.58. The predicted molar refractivity (Wildman–Crippen MR) is 97.8 cm³/mol. The number of hydrogen-bond donors (Lipinski definition) is 2. The van der Waals surface area contributed by atoms with Crippen LogP contribution in [0.4, 0.5) is 0 Å². The van der Waals surface area contributed by atoms with E-state index in [1.165, 1.54) is 16.7 Å². The molecule has 0 aliphatic carbocycles. The quantitative estimate of drug-likeness (QED) is 0.633. The van der Waals surface area contributed by atoms with E-state index >= 15 is 0 Å². The van der Waals surface area contributed by atoms with Crippen molar-refractivity contribution in [3.05, 3.63) is 10.6 Å². The van der Waals surface area contributed by atoms with Gasteiger partial charge in [0, 0.05) is 36.8 Å². The Labute approximate surface area is 156 Å². The average Bonchev–Trinajstić information content (AvgIpc) is 2.79. The molecule has 9 heteroatoms. The zero-order valence-electron chi connectivity index (χ0n) is 15.4. The van der Waals surface area contributed by atoms with E-state index in [2.05, 4.69) is 4.99 Å². The molecular formula is C17H25N3O5S. The van der Waals surface area contributed by atoms with Gasteiger partial charge in [0.05, 0.1) is 24.6 Å². The number of amides is 1. The summed E-state index contributed by atoms with van der Waals surface area (Å²) in [6, 6.07) is -0.273. The molecule has 2 N–H and O–H groups in total. The molecule has 0 aromatic heterocycles. The van der Waals surface area contributed by atoms with Crippen LogP contribution in [-0.2, 0) is 14.3 Å². The van der Waals surface area contributed by atoms with Gasteiger partial charge in [-0.05, 0) is 6.92 Å². The Morgan fingerprint density at radius 1 is 1.50 bits per heavy atom. The third kappa shape index (κ3) is 3.01. The van der Waals surface area contributed by atoms with Crippen molar-refractivity contribution >= 4 is 29.5 Å². The van der Waals surface area contributed by atoms with Gasteiger partial charge in [-0.2, -0.15) is 0 Å². The number of aliphatic imine (C=N–C) groups is 1. The SMILES string of the molecule is COCC1=NCC(SC2=C(C(=O)O)N3C(=O)C(C(C)O)[C@H]3C2C)CN1C. The van der Waals surface area contributed by atoms with Gasteiger partial charge in [-0.1, -0.05) is 6.92 Å². The van der Waals surface area contributed by atoms with E-state index in [9.17, 15) is 19.8 Å². The molecule has 3 aliphatic heterocycles. The highest BCUT2D eigenvalue weighted by Crippen LogP contribution is 2.51. The molecule has 1 fully saturated rings. The zero-order chi connectivity index (χ0) is 19.2. The summed E-state index contributed by atoms with van der Waals surface area (Å²) in [6.45, 7) is 5.28. The van der Waals surface area contributed by atoms with E-state index in [0.29, 0.717) is 18.1 Å². The molecule has 0 bridgehead atoms. The van der Waals surface area contributed by atoms with E-state index in [1.807, 2.05) is 18.9 Å². The maximum Gasteiger partial charge on any atom is 0.353 e. The van der Waals surface area contributed by atoms with Crippen LogP contribution in [0.5, 0.6) is 0 Å². The number of carboxylic acid groups (broad SMARTS) is 1. The fourth-order valence-electron chi connectivity index (χ4n) is 4.01. The second kappa shape index (κ2) is 7.21. The van der Waals surface area contributed by atoms with Crippen LogP contribution in [-0.4, -0.2) is 89.0 Å². The van der Waals surface area contributed by atoms with Crippen LogP contribution in [0.3, 0.4) is 0 Å². The van der Waals surface area contributed by atoms with E-state index in [4.69, 9.17) is 4.74 Å². The lowest BCUT2D eigenvalue weighted by atomic mass is 9.79.